The lowest BCUT2D eigenvalue weighted by molar-refractivity contribution is -0.120. The second-order valence-corrected chi connectivity index (χ2v) is 7.34. The molecule has 5 rings (SSSR count). The maximum atomic E-state index is 11.7. The molecule has 3 aromatic heterocycles. The predicted octanol–water partition coefficient (Wildman–Crippen LogP) is 3.95. The van der Waals surface area contributed by atoms with Gasteiger partial charge in [0.05, 0.1) is 35.0 Å². The first-order valence-electron chi connectivity index (χ1n) is 9.88. The molecule has 0 amide bonds. The minimum Gasteiger partial charge on any atom is -0.424 e. The Morgan fingerprint density at radius 2 is 1.77 bits per heavy atom. The molecule has 2 N–H and O–H groups in total. The monoisotopic (exact) mass is 400 g/mol. The molecule has 0 aliphatic heterocycles. The van der Waals surface area contributed by atoms with E-state index >= 15 is 0 Å². The van der Waals surface area contributed by atoms with Crippen molar-refractivity contribution in [3.63, 3.8) is 0 Å². The van der Waals surface area contributed by atoms with Gasteiger partial charge in [-0.15, -0.1) is 0 Å². The number of carbonyl (C=O) groups is 1. The van der Waals surface area contributed by atoms with Crippen LogP contribution < -0.4 is 10.5 Å². The third kappa shape index (κ3) is 3.36. The zero-order valence-corrected chi connectivity index (χ0v) is 16.2. The minimum atomic E-state index is 0.167. The van der Waals surface area contributed by atoms with Gasteiger partial charge in [0.15, 0.2) is 0 Å². The number of Topliss-reactive ketones (excluding diaryl/α,β-unsaturated/α-hetero) is 1. The molecular weight excluding hydrogens is 380 g/mol. The number of ether oxygens (including phenoxy) is 1. The van der Waals surface area contributed by atoms with Crippen molar-refractivity contribution in [2.75, 3.05) is 5.73 Å². The normalized spacial score (nSPS) is 14.9. The van der Waals surface area contributed by atoms with Crippen LogP contribution in [0.4, 0.5) is 5.69 Å². The summed E-state index contributed by atoms with van der Waals surface area (Å²) in [6.07, 6.45) is 9.45. The van der Waals surface area contributed by atoms with Gasteiger partial charge in [0.1, 0.15) is 17.2 Å². The number of pyridine rings is 1. The van der Waals surface area contributed by atoms with Gasteiger partial charge in [-0.1, -0.05) is 0 Å². The maximum Gasteiger partial charge on any atom is 0.321 e. The molecule has 1 aliphatic rings. The summed E-state index contributed by atoms with van der Waals surface area (Å²) in [6.45, 7) is 0. The summed E-state index contributed by atoms with van der Waals surface area (Å²) in [7, 11) is 0. The number of rotatable bonds is 4. The van der Waals surface area contributed by atoms with Crippen molar-refractivity contribution in [3.8, 4) is 23.0 Å². The van der Waals surface area contributed by atoms with Crippen molar-refractivity contribution < 1.29 is 9.53 Å². The lowest BCUT2D eigenvalue weighted by Crippen LogP contribution is -2.18. The van der Waals surface area contributed by atoms with Crippen molar-refractivity contribution in [3.05, 3.63) is 55.1 Å². The van der Waals surface area contributed by atoms with Crippen LogP contribution in [-0.4, -0.2) is 30.5 Å². The molecule has 0 spiro atoms. The van der Waals surface area contributed by atoms with Crippen LogP contribution >= 0.6 is 0 Å². The molecular formula is C22H20N6O2. The average molecular weight is 400 g/mol. The molecule has 4 aromatic rings. The van der Waals surface area contributed by atoms with Gasteiger partial charge in [0.2, 0.25) is 0 Å². The topological polar surface area (TPSA) is 109 Å². The fourth-order valence-electron chi connectivity index (χ4n) is 3.88. The zero-order chi connectivity index (χ0) is 20.5. The molecule has 0 atom stereocenters. The van der Waals surface area contributed by atoms with Gasteiger partial charge >= 0.3 is 6.01 Å². The van der Waals surface area contributed by atoms with Crippen molar-refractivity contribution in [2.24, 2.45) is 0 Å². The predicted molar refractivity (Wildman–Crippen MR) is 112 cm³/mol. The van der Waals surface area contributed by atoms with Crippen LogP contribution in [0.5, 0.6) is 11.8 Å². The van der Waals surface area contributed by atoms with Crippen LogP contribution in [0.3, 0.4) is 0 Å². The zero-order valence-electron chi connectivity index (χ0n) is 16.2. The second kappa shape index (κ2) is 7.55. The highest BCUT2D eigenvalue weighted by molar-refractivity contribution is 6.01. The minimum absolute atomic E-state index is 0.167. The van der Waals surface area contributed by atoms with Crippen molar-refractivity contribution >= 4 is 22.4 Å². The van der Waals surface area contributed by atoms with Crippen LogP contribution in [-0.2, 0) is 4.79 Å². The summed E-state index contributed by atoms with van der Waals surface area (Å²) in [4.78, 5) is 24.1. The van der Waals surface area contributed by atoms with E-state index in [-0.39, 0.29) is 6.04 Å². The van der Waals surface area contributed by atoms with Gasteiger partial charge in [-0.25, -0.2) is 9.97 Å². The Bertz CT molecular complexity index is 1190. The molecule has 0 bridgehead atoms. The van der Waals surface area contributed by atoms with Gasteiger partial charge in [-0.05, 0) is 43.2 Å². The molecule has 1 aliphatic carbocycles. The molecule has 1 fully saturated rings. The smallest absolute Gasteiger partial charge is 0.321 e. The van der Waals surface area contributed by atoms with E-state index in [4.69, 9.17) is 15.6 Å². The quantitative estimate of drug-likeness (QED) is 0.552. The fourth-order valence-corrected chi connectivity index (χ4v) is 3.88. The molecule has 3 heterocycles. The molecule has 1 saturated carbocycles. The molecule has 30 heavy (non-hydrogen) atoms. The van der Waals surface area contributed by atoms with E-state index in [0.29, 0.717) is 36.1 Å². The van der Waals surface area contributed by atoms with E-state index in [1.54, 1.807) is 30.9 Å². The summed E-state index contributed by atoms with van der Waals surface area (Å²) in [6, 6.07) is 9.78. The second-order valence-electron chi connectivity index (χ2n) is 7.34. The molecule has 1 aromatic carbocycles. The van der Waals surface area contributed by atoms with E-state index in [0.717, 1.165) is 35.0 Å². The Labute approximate surface area is 172 Å². The largest absolute Gasteiger partial charge is 0.424 e. The summed E-state index contributed by atoms with van der Waals surface area (Å²) in [5.41, 5.74) is 9.47. The number of nitrogen functional groups attached to an aromatic ring is 1. The molecule has 0 radical (unpaired) electrons. The van der Waals surface area contributed by atoms with E-state index in [1.807, 2.05) is 28.9 Å². The van der Waals surface area contributed by atoms with Crippen LogP contribution in [0.1, 0.15) is 31.7 Å². The number of hydrogen-bond acceptors (Lipinski definition) is 7. The number of anilines is 1. The van der Waals surface area contributed by atoms with Crippen molar-refractivity contribution in [1.29, 1.82) is 0 Å². The lowest BCUT2D eigenvalue weighted by atomic mass is 9.94. The lowest BCUT2D eigenvalue weighted by Gasteiger charge is -2.22. The number of hydrogen-bond donors (Lipinski definition) is 1. The number of ketones is 1. The average Bonchev–Trinajstić information content (AvgIpc) is 3.17. The molecule has 0 saturated heterocycles. The van der Waals surface area contributed by atoms with E-state index in [2.05, 4.69) is 15.0 Å². The van der Waals surface area contributed by atoms with E-state index in [1.165, 1.54) is 0 Å². The Morgan fingerprint density at radius 1 is 1.03 bits per heavy atom. The van der Waals surface area contributed by atoms with Gasteiger partial charge in [-0.3, -0.25) is 14.5 Å². The summed E-state index contributed by atoms with van der Waals surface area (Å²) >= 11 is 0. The first kappa shape index (κ1) is 18.2. The Balaban J connectivity index is 1.51. The Morgan fingerprint density at radius 3 is 2.50 bits per heavy atom. The van der Waals surface area contributed by atoms with Gasteiger partial charge in [0, 0.05) is 30.8 Å². The summed E-state index contributed by atoms with van der Waals surface area (Å²) in [5, 5.41) is 5.78. The van der Waals surface area contributed by atoms with Crippen molar-refractivity contribution in [2.45, 2.75) is 31.7 Å². The highest BCUT2D eigenvalue weighted by atomic mass is 16.5. The summed E-state index contributed by atoms with van der Waals surface area (Å²) in [5.74, 6) is 0.952. The first-order chi connectivity index (χ1) is 14.7. The van der Waals surface area contributed by atoms with Gasteiger partial charge in [-0.2, -0.15) is 5.10 Å². The number of aromatic nitrogens is 5. The SMILES string of the molecule is Nc1cncc2c1c(-c1ccc(Oc3ncccn3)cc1)nn2C1CCC(=O)CC1. The van der Waals surface area contributed by atoms with Crippen LogP contribution in [0.2, 0.25) is 0 Å². The van der Waals surface area contributed by atoms with Crippen LogP contribution in [0, 0.1) is 0 Å². The van der Waals surface area contributed by atoms with Crippen LogP contribution in [0.25, 0.3) is 22.2 Å². The van der Waals surface area contributed by atoms with E-state index in [9.17, 15) is 4.79 Å². The van der Waals surface area contributed by atoms with E-state index < -0.39 is 0 Å². The highest BCUT2D eigenvalue weighted by Crippen LogP contribution is 2.36. The third-order valence-corrected chi connectivity index (χ3v) is 5.38. The first-order valence-corrected chi connectivity index (χ1v) is 9.88. The number of fused-ring (bicyclic) bond motifs is 1. The highest BCUT2D eigenvalue weighted by Gasteiger charge is 2.25. The number of carbonyl (C=O) groups excluding carboxylic acids is 1. The Kier molecular flexibility index (Phi) is 4.59. The Hall–Kier alpha value is -3.81. The third-order valence-electron chi connectivity index (χ3n) is 5.38. The molecule has 8 nitrogen and oxygen atoms in total. The number of nitrogens with zero attached hydrogens (tertiary/aromatic N) is 5. The van der Waals surface area contributed by atoms with Crippen molar-refractivity contribution in [1.82, 2.24) is 24.7 Å². The van der Waals surface area contributed by atoms with Gasteiger partial charge in [0.25, 0.3) is 0 Å². The fraction of sp³-hybridized carbons (Fsp3) is 0.227. The summed E-state index contributed by atoms with van der Waals surface area (Å²) < 4.78 is 7.67. The van der Waals surface area contributed by atoms with Crippen LogP contribution in [0.15, 0.2) is 55.1 Å². The van der Waals surface area contributed by atoms with Gasteiger partial charge < -0.3 is 10.5 Å². The number of nitrogens with two attached hydrogens (primary N) is 1. The molecule has 150 valence electrons. The number of benzene rings is 1. The standard InChI is InChI=1S/C22H20N6O2/c23-18-12-24-13-19-20(18)21(27-28(19)15-4-6-16(29)7-5-15)14-2-8-17(9-3-14)30-22-25-10-1-11-26-22/h1-3,8-13,15H,4-7,23H2. The molecule has 0 unspecified atom stereocenters. The maximum absolute atomic E-state index is 11.7. The molecule has 8 heteroatoms.